The summed E-state index contributed by atoms with van der Waals surface area (Å²) in [5.74, 6) is 0.156. The maximum atomic E-state index is 12.3. The van der Waals surface area contributed by atoms with E-state index in [-0.39, 0.29) is 5.91 Å². The second kappa shape index (κ2) is 9.89. The Hall–Kier alpha value is -1.39. The molecule has 1 N–H and O–H groups in total. The van der Waals surface area contributed by atoms with Crippen molar-refractivity contribution in [3.8, 4) is 0 Å². The molecule has 0 bridgehead atoms. The largest absolute Gasteiger partial charge is 0.326 e. The minimum absolute atomic E-state index is 0.156. The van der Waals surface area contributed by atoms with Gasteiger partial charge in [-0.3, -0.25) is 9.69 Å². The van der Waals surface area contributed by atoms with E-state index in [1.807, 2.05) is 0 Å². The maximum Gasteiger partial charge on any atom is 0.224 e. The molecule has 1 aromatic carbocycles. The lowest BCUT2D eigenvalue weighted by atomic mass is 10.0. The monoisotopic (exact) mass is 383 g/mol. The Balaban J connectivity index is 1.19. The van der Waals surface area contributed by atoms with Gasteiger partial charge in [-0.15, -0.1) is 0 Å². The van der Waals surface area contributed by atoms with Crippen LogP contribution in [-0.4, -0.2) is 47.9 Å². The molecule has 0 spiro atoms. The molecular weight excluding hydrogens is 346 g/mol. The molecule has 3 fully saturated rings. The summed E-state index contributed by atoms with van der Waals surface area (Å²) in [5, 5.41) is 3.09. The van der Waals surface area contributed by atoms with E-state index < -0.39 is 0 Å². The SMILES string of the molecule is O=C(CCCCN1CCCCC1)Nc1ccc([C@H]2CC[C@H]3CCCCN32)cc1. The molecule has 3 aliphatic heterocycles. The van der Waals surface area contributed by atoms with E-state index in [4.69, 9.17) is 0 Å². The minimum Gasteiger partial charge on any atom is -0.326 e. The van der Waals surface area contributed by atoms with Crippen LogP contribution in [0.5, 0.6) is 0 Å². The minimum atomic E-state index is 0.156. The molecule has 1 aromatic rings. The van der Waals surface area contributed by atoms with Gasteiger partial charge in [-0.2, -0.15) is 0 Å². The van der Waals surface area contributed by atoms with E-state index in [2.05, 4.69) is 39.4 Å². The average Bonchev–Trinajstić information content (AvgIpc) is 3.17. The Kier molecular flexibility index (Phi) is 7.03. The number of fused-ring (bicyclic) bond motifs is 1. The van der Waals surface area contributed by atoms with Gasteiger partial charge in [0.1, 0.15) is 0 Å². The van der Waals surface area contributed by atoms with Crippen LogP contribution in [0.15, 0.2) is 24.3 Å². The molecule has 154 valence electrons. The Morgan fingerprint density at radius 1 is 0.893 bits per heavy atom. The summed E-state index contributed by atoms with van der Waals surface area (Å²) in [6.07, 6.45) is 13.6. The van der Waals surface area contributed by atoms with E-state index in [0.29, 0.717) is 12.5 Å². The van der Waals surface area contributed by atoms with Crippen molar-refractivity contribution in [2.24, 2.45) is 0 Å². The number of piperidine rings is 2. The number of nitrogens with one attached hydrogen (secondary N) is 1. The van der Waals surface area contributed by atoms with Gasteiger partial charge >= 0.3 is 0 Å². The smallest absolute Gasteiger partial charge is 0.224 e. The first-order valence-corrected chi connectivity index (χ1v) is 11.7. The number of hydrogen-bond donors (Lipinski definition) is 1. The summed E-state index contributed by atoms with van der Waals surface area (Å²) in [6.45, 7) is 4.90. The third-order valence-corrected chi connectivity index (χ3v) is 7.00. The van der Waals surface area contributed by atoms with Crippen LogP contribution in [0.2, 0.25) is 0 Å². The van der Waals surface area contributed by atoms with Crippen LogP contribution in [0.3, 0.4) is 0 Å². The number of carbonyl (C=O) groups excluding carboxylic acids is 1. The first-order valence-electron chi connectivity index (χ1n) is 11.7. The van der Waals surface area contributed by atoms with Gasteiger partial charge in [0.2, 0.25) is 5.91 Å². The van der Waals surface area contributed by atoms with Crippen molar-refractivity contribution in [2.45, 2.75) is 82.7 Å². The summed E-state index contributed by atoms with van der Waals surface area (Å²) < 4.78 is 0. The normalized spacial score (nSPS) is 26.1. The van der Waals surface area contributed by atoms with E-state index >= 15 is 0 Å². The predicted molar refractivity (Wildman–Crippen MR) is 116 cm³/mol. The van der Waals surface area contributed by atoms with Crippen LogP contribution < -0.4 is 5.32 Å². The van der Waals surface area contributed by atoms with Gasteiger partial charge in [0.05, 0.1) is 0 Å². The van der Waals surface area contributed by atoms with Crippen LogP contribution in [0.25, 0.3) is 0 Å². The Morgan fingerprint density at radius 3 is 2.50 bits per heavy atom. The maximum absolute atomic E-state index is 12.3. The fourth-order valence-electron chi connectivity index (χ4n) is 5.43. The third kappa shape index (κ3) is 5.15. The molecule has 1 amide bonds. The van der Waals surface area contributed by atoms with Crippen molar-refractivity contribution in [3.63, 3.8) is 0 Å². The van der Waals surface area contributed by atoms with E-state index in [0.717, 1.165) is 31.1 Å². The molecule has 3 saturated heterocycles. The van der Waals surface area contributed by atoms with Gasteiger partial charge in [-0.25, -0.2) is 0 Å². The van der Waals surface area contributed by atoms with Crippen molar-refractivity contribution in [1.29, 1.82) is 0 Å². The van der Waals surface area contributed by atoms with E-state index in [1.165, 1.54) is 76.6 Å². The molecule has 3 heterocycles. The summed E-state index contributed by atoms with van der Waals surface area (Å²) in [7, 11) is 0. The highest BCUT2D eigenvalue weighted by molar-refractivity contribution is 5.90. The standard InChI is InChI=1S/C24H37N3O/c28-24(9-3-6-18-26-16-4-1-5-17-26)25-21-12-10-20(11-13-21)23-15-14-22-8-2-7-19-27(22)23/h10-13,22-23H,1-9,14-19H2,(H,25,28)/t22-,23-/m1/s1. The molecule has 0 unspecified atom stereocenters. The zero-order valence-electron chi connectivity index (χ0n) is 17.4. The molecule has 0 saturated carbocycles. The van der Waals surface area contributed by atoms with Gasteiger partial charge < -0.3 is 10.2 Å². The quantitative estimate of drug-likeness (QED) is 0.675. The number of anilines is 1. The summed E-state index contributed by atoms with van der Waals surface area (Å²) in [5.41, 5.74) is 2.36. The van der Waals surface area contributed by atoms with Gasteiger partial charge in [0.15, 0.2) is 0 Å². The zero-order chi connectivity index (χ0) is 19.2. The number of benzene rings is 1. The highest BCUT2D eigenvalue weighted by atomic mass is 16.1. The van der Waals surface area contributed by atoms with Gasteiger partial charge in [-0.05, 0) is 95.2 Å². The Bertz CT molecular complexity index is 623. The van der Waals surface area contributed by atoms with Gasteiger partial charge in [0, 0.05) is 24.2 Å². The number of likely N-dealkylation sites (tertiary alicyclic amines) is 1. The molecular formula is C24H37N3O. The lowest BCUT2D eigenvalue weighted by Crippen LogP contribution is -2.35. The fourth-order valence-corrected chi connectivity index (χ4v) is 5.43. The molecule has 4 heteroatoms. The Morgan fingerprint density at radius 2 is 1.68 bits per heavy atom. The lowest BCUT2D eigenvalue weighted by molar-refractivity contribution is -0.116. The number of carbonyl (C=O) groups is 1. The lowest BCUT2D eigenvalue weighted by Gasteiger charge is -2.34. The molecule has 28 heavy (non-hydrogen) atoms. The van der Waals surface area contributed by atoms with Crippen LogP contribution in [0, 0.1) is 0 Å². The van der Waals surface area contributed by atoms with Crippen molar-refractivity contribution in [1.82, 2.24) is 9.80 Å². The van der Waals surface area contributed by atoms with Crippen LogP contribution in [0.4, 0.5) is 5.69 Å². The van der Waals surface area contributed by atoms with Crippen LogP contribution in [-0.2, 0) is 4.79 Å². The van der Waals surface area contributed by atoms with E-state index in [1.54, 1.807) is 0 Å². The average molecular weight is 384 g/mol. The Labute approximate surface area is 170 Å². The first kappa shape index (κ1) is 19.9. The molecule has 0 aromatic heterocycles. The zero-order valence-corrected chi connectivity index (χ0v) is 17.4. The van der Waals surface area contributed by atoms with Crippen molar-refractivity contribution in [2.75, 3.05) is 31.5 Å². The molecule has 2 atom stereocenters. The third-order valence-electron chi connectivity index (χ3n) is 7.00. The number of nitrogens with zero attached hydrogens (tertiary/aromatic N) is 2. The fraction of sp³-hybridized carbons (Fsp3) is 0.708. The first-order chi connectivity index (χ1) is 13.8. The number of amides is 1. The topological polar surface area (TPSA) is 35.6 Å². The van der Waals surface area contributed by atoms with Crippen molar-refractivity contribution >= 4 is 11.6 Å². The highest BCUT2D eigenvalue weighted by Crippen LogP contribution is 2.40. The van der Waals surface area contributed by atoms with Crippen LogP contribution in [0.1, 0.15) is 82.2 Å². The molecule has 0 radical (unpaired) electrons. The summed E-state index contributed by atoms with van der Waals surface area (Å²) in [4.78, 5) is 17.5. The van der Waals surface area contributed by atoms with Crippen molar-refractivity contribution < 1.29 is 4.79 Å². The van der Waals surface area contributed by atoms with Gasteiger partial charge in [0.25, 0.3) is 0 Å². The summed E-state index contributed by atoms with van der Waals surface area (Å²) in [6, 6.07) is 10.0. The number of rotatable bonds is 7. The molecule has 4 nitrogen and oxygen atoms in total. The highest BCUT2D eigenvalue weighted by Gasteiger charge is 2.35. The molecule has 0 aliphatic carbocycles. The number of unbranched alkanes of at least 4 members (excludes halogenated alkanes) is 1. The van der Waals surface area contributed by atoms with E-state index in [9.17, 15) is 4.79 Å². The van der Waals surface area contributed by atoms with Gasteiger partial charge in [-0.1, -0.05) is 25.0 Å². The van der Waals surface area contributed by atoms with Crippen molar-refractivity contribution in [3.05, 3.63) is 29.8 Å². The molecule has 3 aliphatic rings. The predicted octanol–water partition coefficient (Wildman–Crippen LogP) is 4.97. The second-order valence-corrected chi connectivity index (χ2v) is 9.01. The summed E-state index contributed by atoms with van der Waals surface area (Å²) >= 11 is 0. The molecule has 4 rings (SSSR count). The number of hydrogen-bond acceptors (Lipinski definition) is 3. The second-order valence-electron chi connectivity index (χ2n) is 9.01. The van der Waals surface area contributed by atoms with Crippen LogP contribution >= 0.6 is 0 Å².